The first-order valence-electron chi connectivity index (χ1n) is 8.53. The molecule has 1 heterocycles. The molecule has 134 valence electrons. The number of benzene rings is 2. The molecule has 0 aliphatic carbocycles. The number of methoxy groups -OCH3 is 1. The molecule has 0 radical (unpaired) electrons. The van der Waals surface area contributed by atoms with Crippen LogP contribution in [0, 0.1) is 5.92 Å². The summed E-state index contributed by atoms with van der Waals surface area (Å²) in [5.74, 6) is -0.478. The number of ether oxygens (including phenoxy) is 1. The molecule has 2 aromatic rings. The summed E-state index contributed by atoms with van der Waals surface area (Å²) in [6.45, 7) is 0.698. The van der Waals surface area contributed by atoms with E-state index in [1.54, 1.807) is 37.5 Å². The van der Waals surface area contributed by atoms with Crippen molar-refractivity contribution in [2.24, 2.45) is 5.92 Å². The van der Waals surface area contributed by atoms with Gasteiger partial charge < -0.3 is 14.7 Å². The monoisotopic (exact) mass is 351 g/mol. The van der Waals surface area contributed by atoms with Gasteiger partial charge in [0.25, 0.3) is 0 Å². The van der Waals surface area contributed by atoms with Gasteiger partial charge in [0.05, 0.1) is 13.5 Å². The molecule has 3 rings (SSSR count). The molecule has 1 N–H and O–H groups in total. The second-order valence-electron chi connectivity index (χ2n) is 6.23. The van der Waals surface area contributed by atoms with Crippen molar-refractivity contribution in [3.05, 3.63) is 71.9 Å². The van der Waals surface area contributed by atoms with Crippen molar-refractivity contribution in [3.63, 3.8) is 0 Å². The molecule has 0 saturated carbocycles. The maximum atomic E-state index is 12.7. The van der Waals surface area contributed by atoms with Gasteiger partial charge in [-0.3, -0.25) is 9.59 Å². The lowest BCUT2D eigenvalue weighted by molar-refractivity contribution is -0.137. The number of carbonyl (C=O) groups excluding carboxylic acids is 1. The van der Waals surface area contributed by atoms with E-state index >= 15 is 0 Å². The SMILES string of the molecule is COc1ccc(C(=O)/C=C2/C(CC(=O)O)CCN2c2ccccc2)cc1. The zero-order valence-corrected chi connectivity index (χ0v) is 14.6. The third kappa shape index (κ3) is 3.94. The third-order valence-electron chi connectivity index (χ3n) is 4.57. The molecule has 1 unspecified atom stereocenters. The van der Waals surface area contributed by atoms with Gasteiger partial charge in [-0.25, -0.2) is 0 Å². The Morgan fingerprint density at radius 3 is 2.46 bits per heavy atom. The quantitative estimate of drug-likeness (QED) is 0.634. The zero-order chi connectivity index (χ0) is 18.5. The normalized spacial score (nSPS) is 18.1. The van der Waals surface area contributed by atoms with Gasteiger partial charge in [-0.05, 0) is 42.8 Å². The van der Waals surface area contributed by atoms with Crippen LogP contribution in [0.25, 0.3) is 0 Å². The summed E-state index contributed by atoms with van der Waals surface area (Å²) in [4.78, 5) is 26.0. The number of allylic oxidation sites excluding steroid dienone is 2. The fraction of sp³-hybridized carbons (Fsp3) is 0.238. The summed E-state index contributed by atoms with van der Waals surface area (Å²) in [6.07, 6.45) is 2.31. The molecule has 0 bridgehead atoms. The highest BCUT2D eigenvalue weighted by molar-refractivity contribution is 6.05. The Labute approximate surface area is 152 Å². The van der Waals surface area contributed by atoms with Gasteiger partial charge in [0, 0.05) is 35.5 Å². The minimum atomic E-state index is -0.854. The van der Waals surface area contributed by atoms with E-state index in [2.05, 4.69) is 0 Å². The molecule has 1 fully saturated rings. The molecule has 1 atom stereocenters. The average molecular weight is 351 g/mol. The van der Waals surface area contributed by atoms with Gasteiger partial charge in [-0.1, -0.05) is 18.2 Å². The maximum Gasteiger partial charge on any atom is 0.304 e. The van der Waals surface area contributed by atoms with E-state index in [9.17, 15) is 14.7 Å². The predicted molar refractivity (Wildman–Crippen MR) is 99.6 cm³/mol. The number of carboxylic acid groups (broad SMARTS) is 1. The molecule has 5 heteroatoms. The van der Waals surface area contributed by atoms with E-state index in [4.69, 9.17) is 4.74 Å². The van der Waals surface area contributed by atoms with Crippen molar-refractivity contribution >= 4 is 17.4 Å². The first-order valence-corrected chi connectivity index (χ1v) is 8.53. The number of ketones is 1. The van der Waals surface area contributed by atoms with E-state index < -0.39 is 5.97 Å². The highest BCUT2D eigenvalue weighted by Gasteiger charge is 2.31. The Hall–Kier alpha value is -3.08. The van der Waals surface area contributed by atoms with Crippen molar-refractivity contribution in [2.45, 2.75) is 12.8 Å². The molecule has 1 saturated heterocycles. The predicted octanol–water partition coefficient (Wildman–Crippen LogP) is 3.76. The van der Waals surface area contributed by atoms with Gasteiger partial charge in [0.2, 0.25) is 0 Å². The van der Waals surface area contributed by atoms with E-state index in [-0.39, 0.29) is 18.1 Å². The average Bonchev–Trinajstić information content (AvgIpc) is 3.04. The Balaban J connectivity index is 1.92. The van der Waals surface area contributed by atoms with Gasteiger partial charge >= 0.3 is 5.97 Å². The Bertz CT molecular complexity index is 812. The van der Waals surface area contributed by atoms with Crippen molar-refractivity contribution in [3.8, 4) is 5.75 Å². The number of para-hydroxylation sites is 1. The second kappa shape index (κ2) is 7.87. The lowest BCUT2D eigenvalue weighted by atomic mass is 9.99. The van der Waals surface area contributed by atoms with Gasteiger partial charge in [-0.15, -0.1) is 0 Å². The summed E-state index contributed by atoms with van der Waals surface area (Å²) in [6, 6.07) is 16.6. The minimum absolute atomic E-state index is 0.0189. The van der Waals surface area contributed by atoms with E-state index in [1.807, 2.05) is 35.2 Å². The van der Waals surface area contributed by atoms with Crippen molar-refractivity contribution in [1.82, 2.24) is 0 Å². The zero-order valence-electron chi connectivity index (χ0n) is 14.6. The van der Waals surface area contributed by atoms with E-state index in [1.165, 1.54) is 0 Å². The number of rotatable bonds is 6. The smallest absolute Gasteiger partial charge is 0.304 e. The van der Waals surface area contributed by atoms with Gasteiger partial charge in [0.15, 0.2) is 5.78 Å². The molecule has 1 aliphatic heterocycles. The van der Waals surface area contributed by atoms with Crippen LogP contribution in [0.5, 0.6) is 5.75 Å². The lowest BCUT2D eigenvalue weighted by Gasteiger charge is -2.22. The van der Waals surface area contributed by atoms with Crippen LogP contribution in [0.4, 0.5) is 5.69 Å². The maximum absolute atomic E-state index is 12.7. The molecule has 26 heavy (non-hydrogen) atoms. The fourth-order valence-electron chi connectivity index (χ4n) is 3.25. The number of hydrogen-bond donors (Lipinski definition) is 1. The molecule has 0 amide bonds. The van der Waals surface area contributed by atoms with E-state index in [0.29, 0.717) is 24.3 Å². The summed E-state index contributed by atoms with van der Waals surface area (Å²) in [5, 5.41) is 9.21. The van der Waals surface area contributed by atoms with Crippen molar-refractivity contribution < 1.29 is 19.4 Å². The third-order valence-corrected chi connectivity index (χ3v) is 4.57. The van der Waals surface area contributed by atoms with Gasteiger partial charge in [0.1, 0.15) is 5.75 Å². The number of nitrogens with zero attached hydrogens (tertiary/aromatic N) is 1. The summed E-state index contributed by atoms with van der Waals surface area (Å²) in [5.41, 5.74) is 2.28. The minimum Gasteiger partial charge on any atom is -0.497 e. The topological polar surface area (TPSA) is 66.8 Å². The highest BCUT2D eigenvalue weighted by atomic mass is 16.5. The van der Waals surface area contributed by atoms with E-state index in [0.717, 1.165) is 11.4 Å². The first-order chi connectivity index (χ1) is 12.6. The summed E-state index contributed by atoms with van der Waals surface area (Å²) >= 11 is 0. The first kappa shape index (κ1) is 17.7. The number of carbonyl (C=O) groups is 2. The largest absolute Gasteiger partial charge is 0.497 e. The highest BCUT2D eigenvalue weighted by Crippen LogP contribution is 2.35. The van der Waals surface area contributed by atoms with Crippen LogP contribution >= 0.6 is 0 Å². The molecule has 0 aromatic heterocycles. The van der Waals surface area contributed by atoms with Crippen LogP contribution in [0.3, 0.4) is 0 Å². The number of hydrogen-bond acceptors (Lipinski definition) is 4. The molecule has 1 aliphatic rings. The summed E-state index contributed by atoms with van der Waals surface area (Å²) in [7, 11) is 1.57. The van der Waals surface area contributed by atoms with Crippen molar-refractivity contribution in [2.75, 3.05) is 18.6 Å². The van der Waals surface area contributed by atoms with Crippen LogP contribution in [0.15, 0.2) is 66.4 Å². The Morgan fingerprint density at radius 1 is 1.15 bits per heavy atom. The molecule has 5 nitrogen and oxygen atoms in total. The number of aliphatic carboxylic acids is 1. The number of anilines is 1. The number of carboxylic acids is 1. The Kier molecular flexibility index (Phi) is 5.37. The van der Waals surface area contributed by atoms with Crippen molar-refractivity contribution in [1.29, 1.82) is 0 Å². The van der Waals surface area contributed by atoms with Crippen LogP contribution < -0.4 is 9.64 Å². The molecular formula is C21H21NO4. The fourth-order valence-corrected chi connectivity index (χ4v) is 3.25. The Morgan fingerprint density at radius 2 is 1.85 bits per heavy atom. The molecule has 0 spiro atoms. The second-order valence-corrected chi connectivity index (χ2v) is 6.23. The molecular weight excluding hydrogens is 330 g/mol. The van der Waals surface area contributed by atoms with Crippen LogP contribution in [-0.2, 0) is 4.79 Å². The summed E-state index contributed by atoms with van der Waals surface area (Å²) < 4.78 is 5.12. The lowest BCUT2D eigenvalue weighted by Crippen LogP contribution is -2.19. The van der Waals surface area contributed by atoms with Gasteiger partial charge in [-0.2, -0.15) is 0 Å². The van der Waals surface area contributed by atoms with Crippen LogP contribution in [0.1, 0.15) is 23.2 Å². The van der Waals surface area contributed by atoms with Crippen LogP contribution in [0.2, 0.25) is 0 Å². The molecule has 2 aromatic carbocycles. The standard InChI is InChI=1S/C21H21NO4/c1-26-18-9-7-15(8-10-18)20(23)14-19-16(13-21(24)25)11-12-22(19)17-5-3-2-4-6-17/h2-10,14,16H,11-13H2,1H3,(H,24,25)/b19-14-. The van der Waals surface area contributed by atoms with Crippen LogP contribution in [-0.4, -0.2) is 30.5 Å².